The maximum atomic E-state index is 12.6. The van der Waals surface area contributed by atoms with E-state index in [9.17, 15) is 9.59 Å². The van der Waals surface area contributed by atoms with Gasteiger partial charge < -0.3 is 14.7 Å². The van der Waals surface area contributed by atoms with E-state index in [-0.39, 0.29) is 11.8 Å². The average Bonchev–Trinajstić information content (AvgIpc) is 2.67. The summed E-state index contributed by atoms with van der Waals surface area (Å²) in [6.07, 6.45) is 1.61. The van der Waals surface area contributed by atoms with Gasteiger partial charge in [0.2, 0.25) is 0 Å². The van der Waals surface area contributed by atoms with Crippen molar-refractivity contribution in [3.8, 4) is 0 Å². The summed E-state index contributed by atoms with van der Waals surface area (Å²) < 4.78 is 0. The Labute approximate surface area is 154 Å². The maximum absolute atomic E-state index is 12.6. The smallest absolute Gasteiger partial charge is 0.255 e. The van der Waals surface area contributed by atoms with E-state index in [0.717, 1.165) is 11.4 Å². The van der Waals surface area contributed by atoms with Crippen molar-refractivity contribution >= 4 is 17.6 Å². The van der Waals surface area contributed by atoms with Crippen LogP contribution in [-0.2, 0) is 0 Å². The summed E-state index contributed by atoms with van der Waals surface area (Å²) in [4.78, 5) is 35.0. The number of carbonyl (C=O) groups excluding carboxylic acids is 2. The molecule has 26 heavy (non-hydrogen) atoms. The summed E-state index contributed by atoms with van der Waals surface area (Å²) in [5.74, 6) is 0.800. The quantitative estimate of drug-likeness (QED) is 0.848. The van der Waals surface area contributed by atoms with Crippen LogP contribution in [0.5, 0.6) is 0 Å². The normalized spacial score (nSPS) is 14.3. The lowest BCUT2D eigenvalue weighted by Gasteiger charge is -2.34. The lowest BCUT2D eigenvalue weighted by atomic mass is 10.1. The number of hydrogen-bond donors (Lipinski definition) is 0. The third kappa shape index (κ3) is 3.85. The number of aryl methyl sites for hydroxylation is 1. The largest absolute Gasteiger partial charge is 0.363 e. The zero-order valence-electron chi connectivity index (χ0n) is 15.5. The summed E-state index contributed by atoms with van der Waals surface area (Å²) in [5.41, 5.74) is 2.40. The fraction of sp³-hybridized carbons (Fsp3) is 0.350. The molecule has 0 N–H and O–H groups in total. The predicted molar refractivity (Wildman–Crippen MR) is 102 cm³/mol. The maximum Gasteiger partial charge on any atom is 0.255 e. The van der Waals surface area contributed by atoms with E-state index >= 15 is 0 Å². The molecule has 1 saturated heterocycles. The lowest BCUT2D eigenvalue weighted by Crippen LogP contribution is -2.50. The average molecular weight is 352 g/mol. The Morgan fingerprint density at radius 2 is 1.35 bits per heavy atom. The molecule has 0 spiro atoms. The molecule has 0 radical (unpaired) electrons. The van der Waals surface area contributed by atoms with Crippen molar-refractivity contribution in [3.05, 3.63) is 59.3 Å². The molecule has 0 unspecified atom stereocenters. The number of aromatic nitrogens is 1. The third-order valence-electron chi connectivity index (χ3n) is 4.61. The van der Waals surface area contributed by atoms with Crippen molar-refractivity contribution in [3.63, 3.8) is 0 Å². The molecule has 2 amide bonds. The highest BCUT2D eigenvalue weighted by Gasteiger charge is 2.25. The van der Waals surface area contributed by atoms with Crippen molar-refractivity contribution in [2.75, 3.05) is 45.2 Å². The van der Waals surface area contributed by atoms with Crippen molar-refractivity contribution in [1.82, 2.24) is 14.8 Å². The topological polar surface area (TPSA) is 56.8 Å². The second-order valence-corrected chi connectivity index (χ2v) is 6.75. The molecule has 1 aliphatic rings. The van der Waals surface area contributed by atoms with E-state index in [0.29, 0.717) is 37.3 Å². The molecule has 0 atom stereocenters. The van der Waals surface area contributed by atoms with E-state index in [1.165, 1.54) is 0 Å². The first-order valence-electron chi connectivity index (χ1n) is 8.74. The minimum atomic E-state index is -0.0368. The molecule has 6 heteroatoms. The standard InChI is InChI=1S/C20H24N4O2/c1-15-4-6-16(7-5-15)19(25)23-10-12-24(13-11-23)20(26)17-8-9-18(21-14-17)22(2)3/h4-9,14H,10-13H2,1-3H3. The molecule has 1 aliphatic heterocycles. The van der Waals surface area contributed by atoms with Gasteiger partial charge in [-0.2, -0.15) is 0 Å². The number of amides is 2. The van der Waals surface area contributed by atoms with Crippen LogP contribution in [0.25, 0.3) is 0 Å². The van der Waals surface area contributed by atoms with Crippen molar-refractivity contribution in [1.29, 1.82) is 0 Å². The second kappa shape index (κ2) is 7.56. The van der Waals surface area contributed by atoms with Gasteiger partial charge in [-0.3, -0.25) is 9.59 Å². The van der Waals surface area contributed by atoms with Crippen LogP contribution in [0.4, 0.5) is 5.82 Å². The Morgan fingerprint density at radius 1 is 0.846 bits per heavy atom. The first-order chi connectivity index (χ1) is 12.5. The summed E-state index contributed by atoms with van der Waals surface area (Å²) in [6.45, 7) is 4.15. The molecule has 136 valence electrons. The molecule has 1 aromatic heterocycles. The zero-order valence-corrected chi connectivity index (χ0v) is 15.5. The van der Waals surface area contributed by atoms with Gasteiger partial charge in [0, 0.05) is 52.0 Å². The number of nitrogens with zero attached hydrogens (tertiary/aromatic N) is 4. The van der Waals surface area contributed by atoms with Gasteiger partial charge in [0.25, 0.3) is 11.8 Å². The van der Waals surface area contributed by atoms with Crippen LogP contribution in [0.1, 0.15) is 26.3 Å². The molecular formula is C20H24N4O2. The first-order valence-corrected chi connectivity index (χ1v) is 8.74. The van der Waals surface area contributed by atoms with Crippen LogP contribution in [0.15, 0.2) is 42.6 Å². The van der Waals surface area contributed by atoms with Crippen LogP contribution in [0, 0.1) is 6.92 Å². The molecule has 2 heterocycles. The number of carbonyl (C=O) groups is 2. The molecule has 3 rings (SSSR count). The fourth-order valence-electron chi connectivity index (χ4n) is 2.95. The lowest BCUT2D eigenvalue weighted by molar-refractivity contribution is 0.0535. The first kappa shape index (κ1) is 17.9. The van der Waals surface area contributed by atoms with Crippen LogP contribution in [-0.4, -0.2) is 66.9 Å². The third-order valence-corrected chi connectivity index (χ3v) is 4.61. The van der Waals surface area contributed by atoms with Gasteiger partial charge in [-0.15, -0.1) is 0 Å². The van der Waals surface area contributed by atoms with Gasteiger partial charge in [-0.05, 0) is 31.2 Å². The fourth-order valence-corrected chi connectivity index (χ4v) is 2.95. The van der Waals surface area contributed by atoms with Gasteiger partial charge in [0.15, 0.2) is 0 Å². The van der Waals surface area contributed by atoms with E-state index in [1.54, 1.807) is 17.2 Å². The van der Waals surface area contributed by atoms with E-state index in [2.05, 4.69) is 4.98 Å². The molecule has 6 nitrogen and oxygen atoms in total. The minimum absolute atomic E-state index is 0.0223. The Kier molecular flexibility index (Phi) is 5.21. The van der Waals surface area contributed by atoms with Crippen LogP contribution in [0.3, 0.4) is 0 Å². The number of rotatable bonds is 3. The Balaban J connectivity index is 1.60. The van der Waals surface area contributed by atoms with E-state index < -0.39 is 0 Å². The molecule has 0 aliphatic carbocycles. The number of piperazine rings is 1. The van der Waals surface area contributed by atoms with Gasteiger partial charge >= 0.3 is 0 Å². The SMILES string of the molecule is Cc1ccc(C(=O)N2CCN(C(=O)c3ccc(N(C)C)nc3)CC2)cc1. The van der Waals surface area contributed by atoms with Gasteiger partial charge in [-0.25, -0.2) is 4.98 Å². The highest BCUT2D eigenvalue weighted by atomic mass is 16.2. The second-order valence-electron chi connectivity index (χ2n) is 6.75. The Bertz CT molecular complexity index is 776. The molecule has 2 aromatic rings. The number of anilines is 1. The Morgan fingerprint density at radius 3 is 1.81 bits per heavy atom. The monoisotopic (exact) mass is 352 g/mol. The van der Waals surface area contributed by atoms with E-state index in [4.69, 9.17) is 0 Å². The molecular weight excluding hydrogens is 328 g/mol. The highest BCUT2D eigenvalue weighted by Crippen LogP contribution is 2.14. The number of benzene rings is 1. The predicted octanol–water partition coefficient (Wildman–Crippen LogP) is 2.05. The summed E-state index contributed by atoms with van der Waals surface area (Å²) >= 11 is 0. The van der Waals surface area contributed by atoms with Crippen LogP contribution in [0.2, 0.25) is 0 Å². The Hall–Kier alpha value is -2.89. The summed E-state index contributed by atoms with van der Waals surface area (Å²) in [6, 6.07) is 11.2. The van der Waals surface area contributed by atoms with Gasteiger partial charge in [0.05, 0.1) is 5.56 Å². The molecule has 0 saturated carbocycles. The number of hydrogen-bond acceptors (Lipinski definition) is 4. The van der Waals surface area contributed by atoms with Crippen molar-refractivity contribution in [2.24, 2.45) is 0 Å². The van der Waals surface area contributed by atoms with Gasteiger partial charge in [-0.1, -0.05) is 17.7 Å². The van der Waals surface area contributed by atoms with E-state index in [1.807, 2.05) is 61.2 Å². The molecule has 1 fully saturated rings. The van der Waals surface area contributed by atoms with Gasteiger partial charge in [0.1, 0.15) is 5.82 Å². The summed E-state index contributed by atoms with van der Waals surface area (Å²) in [5, 5.41) is 0. The van der Waals surface area contributed by atoms with Crippen LogP contribution >= 0.6 is 0 Å². The minimum Gasteiger partial charge on any atom is -0.363 e. The zero-order chi connectivity index (χ0) is 18.7. The van der Waals surface area contributed by atoms with Crippen molar-refractivity contribution in [2.45, 2.75) is 6.92 Å². The highest BCUT2D eigenvalue weighted by molar-refractivity contribution is 5.96. The summed E-state index contributed by atoms with van der Waals surface area (Å²) in [7, 11) is 3.82. The number of pyridine rings is 1. The van der Waals surface area contributed by atoms with Crippen molar-refractivity contribution < 1.29 is 9.59 Å². The molecule has 0 bridgehead atoms. The molecule has 1 aromatic carbocycles. The van der Waals surface area contributed by atoms with Crippen LogP contribution < -0.4 is 4.90 Å².